The second kappa shape index (κ2) is 9.34. The number of nitrogens with zero attached hydrogens (tertiary/aromatic N) is 7. The summed E-state index contributed by atoms with van der Waals surface area (Å²) < 4.78 is 5.56. The highest BCUT2D eigenvalue weighted by molar-refractivity contribution is 5.57. The first-order chi connectivity index (χ1) is 16.6. The van der Waals surface area contributed by atoms with Crippen molar-refractivity contribution in [2.75, 3.05) is 17.7 Å². The van der Waals surface area contributed by atoms with Crippen LogP contribution in [0.1, 0.15) is 46.0 Å². The van der Waals surface area contributed by atoms with E-state index >= 15 is 0 Å². The van der Waals surface area contributed by atoms with Gasteiger partial charge in [0.1, 0.15) is 11.5 Å². The molecule has 4 rings (SSSR count). The van der Waals surface area contributed by atoms with Gasteiger partial charge in [0.05, 0.1) is 35.6 Å². The average molecular weight is 476 g/mol. The van der Waals surface area contributed by atoms with Crippen LogP contribution in [0.2, 0.25) is 0 Å². The minimum atomic E-state index is -0.565. The van der Waals surface area contributed by atoms with Crippen LogP contribution in [-0.4, -0.2) is 52.3 Å². The van der Waals surface area contributed by atoms with Crippen molar-refractivity contribution in [2.24, 2.45) is 5.92 Å². The standard InChI is InChI=1S/C24H29N9O2/c1-14(2)24(5,16-6-7-17(26-10-16)15-8-29-22(25)30-9-15)21-31-20(35-33-21)18-11-28-19(12-27-18)32-23(3,4)13-34/h6-12,14,34H,13H2,1-5H3,(H,28,32)(H2,25,29,30)/t24-/m1/s1. The fourth-order valence-corrected chi connectivity index (χ4v) is 3.49. The van der Waals surface area contributed by atoms with Crippen LogP contribution in [0.5, 0.6) is 0 Å². The Kier molecular flexibility index (Phi) is 6.44. The molecule has 4 heterocycles. The molecule has 0 unspecified atom stereocenters. The Morgan fingerprint density at radius 2 is 1.66 bits per heavy atom. The molecule has 0 saturated carbocycles. The monoisotopic (exact) mass is 475 g/mol. The van der Waals surface area contributed by atoms with E-state index in [1.807, 2.05) is 32.2 Å². The van der Waals surface area contributed by atoms with Gasteiger partial charge in [-0.05, 0) is 38.3 Å². The molecule has 0 radical (unpaired) electrons. The topological polar surface area (TPSA) is 162 Å². The number of pyridine rings is 1. The van der Waals surface area contributed by atoms with E-state index in [1.54, 1.807) is 24.8 Å². The van der Waals surface area contributed by atoms with Gasteiger partial charge in [-0.3, -0.25) is 4.98 Å². The normalized spacial score (nSPS) is 13.6. The summed E-state index contributed by atoms with van der Waals surface area (Å²) in [6.07, 6.45) is 8.23. The van der Waals surface area contributed by atoms with Crippen molar-refractivity contribution in [2.45, 2.75) is 45.6 Å². The molecule has 1 atom stereocenters. The van der Waals surface area contributed by atoms with Gasteiger partial charge >= 0.3 is 0 Å². The first-order valence-corrected chi connectivity index (χ1v) is 11.2. The van der Waals surface area contributed by atoms with Crippen LogP contribution in [0.15, 0.2) is 47.6 Å². The molecule has 0 bridgehead atoms. The second-order valence-electron chi connectivity index (χ2n) is 9.50. The predicted molar refractivity (Wildman–Crippen MR) is 131 cm³/mol. The molecular weight excluding hydrogens is 446 g/mol. The lowest BCUT2D eigenvalue weighted by Crippen LogP contribution is -2.35. The summed E-state index contributed by atoms with van der Waals surface area (Å²) in [5.41, 5.74) is 7.41. The minimum Gasteiger partial charge on any atom is -0.394 e. The average Bonchev–Trinajstić information content (AvgIpc) is 3.35. The number of nitrogens with one attached hydrogen (secondary N) is 1. The molecular formula is C24H29N9O2. The van der Waals surface area contributed by atoms with Crippen LogP contribution < -0.4 is 11.1 Å². The van der Waals surface area contributed by atoms with E-state index < -0.39 is 11.0 Å². The van der Waals surface area contributed by atoms with Gasteiger partial charge in [0, 0.05) is 24.2 Å². The summed E-state index contributed by atoms with van der Waals surface area (Å²) in [7, 11) is 0. The largest absolute Gasteiger partial charge is 0.394 e. The number of hydrogen-bond acceptors (Lipinski definition) is 11. The zero-order valence-electron chi connectivity index (χ0n) is 20.4. The number of rotatable bonds is 8. The van der Waals surface area contributed by atoms with E-state index in [-0.39, 0.29) is 24.4 Å². The molecule has 0 spiro atoms. The van der Waals surface area contributed by atoms with Gasteiger partial charge in [-0.25, -0.2) is 19.9 Å². The van der Waals surface area contributed by atoms with Crippen molar-refractivity contribution >= 4 is 11.8 Å². The van der Waals surface area contributed by atoms with E-state index in [0.717, 1.165) is 16.8 Å². The van der Waals surface area contributed by atoms with E-state index in [0.29, 0.717) is 17.3 Å². The number of aliphatic hydroxyl groups excluding tert-OH is 1. The Labute approximate surface area is 203 Å². The van der Waals surface area contributed by atoms with Crippen molar-refractivity contribution < 1.29 is 9.63 Å². The van der Waals surface area contributed by atoms with Gasteiger partial charge in [0.15, 0.2) is 5.82 Å². The summed E-state index contributed by atoms with van der Waals surface area (Å²) in [5, 5.41) is 16.8. The van der Waals surface area contributed by atoms with Gasteiger partial charge in [-0.15, -0.1) is 0 Å². The SMILES string of the molecule is CC(C)[C@](C)(c1ccc(-c2cnc(N)nc2)nc1)c1noc(-c2cnc(NC(C)(C)CO)cn2)n1. The third-order valence-corrected chi connectivity index (χ3v) is 6.11. The molecule has 0 aliphatic heterocycles. The maximum Gasteiger partial charge on any atom is 0.278 e. The Bertz CT molecular complexity index is 1270. The lowest BCUT2D eigenvalue weighted by atomic mass is 9.73. The van der Waals surface area contributed by atoms with Crippen molar-refractivity contribution in [1.82, 2.24) is 35.1 Å². The Morgan fingerprint density at radius 1 is 0.943 bits per heavy atom. The fourth-order valence-electron chi connectivity index (χ4n) is 3.49. The lowest BCUT2D eigenvalue weighted by molar-refractivity contribution is 0.234. The molecule has 11 nitrogen and oxygen atoms in total. The zero-order chi connectivity index (χ0) is 25.2. The number of hydrogen-bond donors (Lipinski definition) is 3. The quantitative estimate of drug-likeness (QED) is 0.343. The van der Waals surface area contributed by atoms with Crippen LogP contribution in [0.25, 0.3) is 22.8 Å². The Hall–Kier alpha value is -3.99. The molecule has 0 saturated heterocycles. The number of nitrogen functional groups attached to an aromatic ring is 1. The Morgan fingerprint density at radius 3 is 2.23 bits per heavy atom. The Balaban J connectivity index is 1.60. The molecule has 4 aromatic rings. The summed E-state index contributed by atoms with van der Waals surface area (Å²) in [6, 6.07) is 3.91. The minimum absolute atomic E-state index is 0.0408. The number of nitrogens with two attached hydrogens (primary N) is 1. The second-order valence-corrected chi connectivity index (χ2v) is 9.50. The van der Waals surface area contributed by atoms with E-state index in [2.05, 4.69) is 61.1 Å². The molecule has 182 valence electrons. The van der Waals surface area contributed by atoms with Crippen LogP contribution in [0.4, 0.5) is 11.8 Å². The van der Waals surface area contributed by atoms with Crippen LogP contribution in [-0.2, 0) is 5.41 Å². The van der Waals surface area contributed by atoms with E-state index in [1.165, 1.54) is 0 Å². The van der Waals surface area contributed by atoms with Crippen LogP contribution in [0.3, 0.4) is 0 Å². The van der Waals surface area contributed by atoms with E-state index in [4.69, 9.17) is 10.3 Å². The molecule has 0 amide bonds. The van der Waals surface area contributed by atoms with E-state index in [9.17, 15) is 5.11 Å². The first kappa shape index (κ1) is 24.1. The summed E-state index contributed by atoms with van der Waals surface area (Å²) in [4.78, 5) is 26.1. The predicted octanol–water partition coefficient (Wildman–Crippen LogP) is 3.11. The maximum atomic E-state index is 9.43. The highest BCUT2D eigenvalue weighted by atomic mass is 16.5. The zero-order valence-corrected chi connectivity index (χ0v) is 20.4. The highest BCUT2D eigenvalue weighted by Gasteiger charge is 2.38. The lowest BCUT2D eigenvalue weighted by Gasteiger charge is -2.30. The van der Waals surface area contributed by atoms with Crippen molar-refractivity contribution in [3.8, 4) is 22.8 Å². The van der Waals surface area contributed by atoms with Crippen LogP contribution in [0, 0.1) is 5.92 Å². The number of aliphatic hydroxyl groups is 1. The smallest absolute Gasteiger partial charge is 0.278 e. The molecule has 0 aliphatic rings. The molecule has 4 aromatic heterocycles. The number of aromatic nitrogens is 7. The third kappa shape index (κ3) is 4.94. The third-order valence-electron chi connectivity index (χ3n) is 6.11. The van der Waals surface area contributed by atoms with Gasteiger partial charge in [0.2, 0.25) is 5.95 Å². The van der Waals surface area contributed by atoms with Crippen molar-refractivity contribution in [1.29, 1.82) is 0 Å². The van der Waals surface area contributed by atoms with Crippen LogP contribution >= 0.6 is 0 Å². The maximum absolute atomic E-state index is 9.43. The number of anilines is 2. The van der Waals surface area contributed by atoms with Gasteiger partial charge in [-0.1, -0.05) is 25.1 Å². The molecule has 0 aromatic carbocycles. The van der Waals surface area contributed by atoms with Gasteiger partial charge in [0.25, 0.3) is 5.89 Å². The highest BCUT2D eigenvalue weighted by Crippen LogP contribution is 2.38. The molecule has 0 fully saturated rings. The molecule has 35 heavy (non-hydrogen) atoms. The summed E-state index contributed by atoms with van der Waals surface area (Å²) in [6.45, 7) is 9.95. The van der Waals surface area contributed by atoms with Gasteiger partial charge < -0.3 is 20.7 Å². The summed E-state index contributed by atoms with van der Waals surface area (Å²) in [5.74, 6) is 1.69. The molecule has 11 heteroatoms. The fraction of sp³-hybridized carbons (Fsp3) is 0.375. The van der Waals surface area contributed by atoms with Gasteiger partial charge in [-0.2, -0.15) is 4.98 Å². The first-order valence-electron chi connectivity index (χ1n) is 11.2. The summed E-state index contributed by atoms with van der Waals surface area (Å²) >= 11 is 0. The van der Waals surface area contributed by atoms with Crippen molar-refractivity contribution in [3.05, 3.63) is 54.5 Å². The molecule has 4 N–H and O–H groups in total. The van der Waals surface area contributed by atoms with Crippen molar-refractivity contribution in [3.63, 3.8) is 0 Å². The molecule has 0 aliphatic carbocycles.